The minimum Gasteiger partial charge on any atom is -0.351 e. The van der Waals surface area contributed by atoms with E-state index in [0.29, 0.717) is 25.2 Å². The Morgan fingerprint density at radius 3 is 2.85 bits per heavy atom. The van der Waals surface area contributed by atoms with Gasteiger partial charge in [0.25, 0.3) is 5.91 Å². The summed E-state index contributed by atoms with van der Waals surface area (Å²) in [6.07, 6.45) is 3.40. The van der Waals surface area contributed by atoms with Gasteiger partial charge in [-0.15, -0.1) is 11.3 Å². The zero-order chi connectivity index (χ0) is 18.6. The number of anilines is 1. The molecule has 0 unspecified atom stereocenters. The molecule has 3 heterocycles. The van der Waals surface area contributed by atoms with Crippen LogP contribution < -0.4 is 10.2 Å². The van der Waals surface area contributed by atoms with Crippen LogP contribution in [-0.4, -0.2) is 47.9 Å². The van der Waals surface area contributed by atoms with Gasteiger partial charge in [-0.2, -0.15) is 0 Å². The van der Waals surface area contributed by atoms with E-state index in [4.69, 9.17) is 0 Å². The number of aromatic nitrogens is 1. The number of thiazole rings is 1. The largest absolute Gasteiger partial charge is 0.351 e. The molecule has 0 radical (unpaired) electrons. The summed E-state index contributed by atoms with van der Waals surface area (Å²) in [4.78, 5) is 32.6. The molecular weight excluding hydrogens is 360 g/mol. The Balaban J connectivity index is 1.27. The van der Waals surface area contributed by atoms with Gasteiger partial charge >= 0.3 is 0 Å². The van der Waals surface area contributed by atoms with Crippen LogP contribution in [0.3, 0.4) is 0 Å². The molecule has 0 saturated carbocycles. The van der Waals surface area contributed by atoms with Crippen molar-refractivity contribution in [3.8, 4) is 0 Å². The Bertz CT molecular complexity index is 835. The third kappa shape index (κ3) is 4.13. The number of hydrogen-bond acceptors (Lipinski definition) is 5. The van der Waals surface area contributed by atoms with Gasteiger partial charge in [0.05, 0.1) is 0 Å². The van der Waals surface area contributed by atoms with Crippen molar-refractivity contribution in [2.75, 3.05) is 31.1 Å². The maximum Gasteiger partial charge on any atom is 0.270 e. The lowest BCUT2D eigenvalue weighted by Gasteiger charge is -2.28. The van der Waals surface area contributed by atoms with E-state index >= 15 is 0 Å². The summed E-state index contributed by atoms with van der Waals surface area (Å²) >= 11 is 1.52. The molecule has 0 bridgehead atoms. The van der Waals surface area contributed by atoms with Gasteiger partial charge in [0.15, 0.2) is 5.13 Å². The molecule has 2 amide bonds. The number of fused-ring (bicyclic) bond motifs is 1. The zero-order valence-electron chi connectivity index (χ0n) is 15.3. The average molecular weight is 385 g/mol. The monoisotopic (exact) mass is 384 g/mol. The minimum absolute atomic E-state index is 0.136. The van der Waals surface area contributed by atoms with Crippen molar-refractivity contribution in [3.05, 3.63) is 46.5 Å². The molecule has 2 aliphatic rings. The van der Waals surface area contributed by atoms with Crippen LogP contribution in [0.15, 0.2) is 29.6 Å². The lowest BCUT2D eigenvalue weighted by atomic mass is 10.0. The lowest BCUT2D eigenvalue weighted by Crippen LogP contribution is -2.31. The fourth-order valence-corrected chi connectivity index (χ4v) is 4.51. The van der Waals surface area contributed by atoms with Gasteiger partial charge in [-0.3, -0.25) is 9.59 Å². The summed E-state index contributed by atoms with van der Waals surface area (Å²) < 4.78 is 0. The Kier molecular flexibility index (Phi) is 5.38. The van der Waals surface area contributed by atoms with Crippen LogP contribution >= 0.6 is 11.3 Å². The standard InChI is InChI=1S/C20H24N4O2S/c25-18-7-3-10-23(18)11-4-9-21-19(26)17-14-27-20(22-17)24-12-8-15-5-1-2-6-16(15)13-24/h1-2,5-6,14H,3-4,7-13H2,(H,21,26). The normalized spacial score (nSPS) is 16.5. The number of hydrogen-bond donors (Lipinski definition) is 1. The molecule has 2 aromatic rings. The first-order chi connectivity index (χ1) is 13.2. The van der Waals surface area contributed by atoms with Gasteiger partial charge in [0.1, 0.15) is 5.69 Å². The van der Waals surface area contributed by atoms with Crippen LogP contribution in [0, 0.1) is 0 Å². The van der Waals surface area contributed by atoms with Crippen LogP contribution in [0.1, 0.15) is 40.9 Å². The molecule has 0 spiro atoms. The molecule has 27 heavy (non-hydrogen) atoms. The molecule has 2 aliphatic heterocycles. The summed E-state index contributed by atoms with van der Waals surface area (Å²) in [6, 6.07) is 8.50. The molecule has 1 aromatic heterocycles. The van der Waals surface area contributed by atoms with Crippen molar-refractivity contribution in [2.24, 2.45) is 0 Å². The quantitative estimate of drug-likeness (QED) is 0.777. The molecule has 0 aliphatic carbocycles. The van der Waals surface area contributed by atoms with Crippen LogP contribution in [0.4, 0.5) is 5.13 Å². The lowest BCUT2D eigenvalue weighted by molar-refractivity contribution is -0.127. The van der Waals surface area contributed by atoms with Crippen LogP contribution in [0.5, 0.6) is 0 Å². The van der Waals surface area contributed by atoms with E-state index in [1.54, 1.807) is 0 Å². The average Bonchev–Trinajstić information content (AvgIpc) is 3.34. The van der Waals surface area contributed by atoms with Crippen LogP contribution in [-0.2, 0) is 17.8 Å². The van der Waals surface area contributed by atoms with Crippen LogP contribution in [0.2, 0.25) is 0 Å². The summed E-state index contributed by atoms with van der Waals surface area (Å²) in [5, 5.41) is 5.65. The molecule has 1 aromatic carbocycles. The second kappa shape index (κ2) is 8.08. The van der Waals surface area contributed by atoms with E-state index < -0.39 is 0 Å². The predicted octanol–water partition coefficient (Wildman–Crippen LogP) is 2.45. The number of nitrogens with one attached hydrogen (secondary N) is 1. The molecule has 6 nitrogen and oxygen atoms in total. The third-order valence-corrected chi connectivity index (χ3v) is 6.09. The fourth-order valence-electron chi connectivity index (χ4n) is 3.68. The van der Waals surface area contributed by atoms with Gasteiger partial charge in [0, 0.05) is 44.5 Å². The highest BCUT2D eigenvalue weighted by Gasteiger charge is 2.21. The topological polar surface area (TPSA) is 65.5 Å². The number of benzene rings is 1. The fraction of sp³-hybridized carbons (Fsp3) is 0.450. The van der Waals surface area contributed by atoms with Crippen molar-refractivity contribution in [2.45, 2.75) is 32.2 Å². The number of carbonyl (C=O) groups excluding carboxylic acids is 2. The molecule has 1 fully saturated rings. The molecule has 0 atom stereocenters. The third-order valence-electron chi connectivity index (χ3n) is 5.19. The minimum atomic E-state index is -0.136. The first-order valence-corrected chi connectivity index (χ1v) is 10.4. The van der Waals surface area contributed by atoms with Crippen LogP contribution in [0.25, 0.3) is 0 Å². The maximum absolute atomic E-state index is 12.3. The number of nitrogens with zero attached hydrogens (tertiary/aromatic N) is 3. The SMILES string of the molecule is O=C(NCCCN1CCCC1=O)c1csc(N2CCc3ccccc3C2)n1. The molecule has 1 saturated heterocycles. The highest BCUT2D eigenvalue weighted by Crippen LogP contribution is 2.27. The number of carbonyl (C=O) groups is 2. The van der Waals surface area contributed by atoms with Crippen molar-refractivity contribution < 1.29 is 9.59 Å². The van der Waals surface area contributed by atoms with Crippen molar-refractivity contribution in [1.29, 1.82) is 0 Å². The molecule has 7 heteroatoms. The highest BCUT2D eigenvalue weighted by atomic mass is 32.1. The highest BCUT2D eigenvalue weighted by molar-refractivity contribution is 7.13. The second-order valence-electron chi connectivity index (χ2n) is 7.05. The van der Waals surface area contributed by atoms with Gasteiger partial charge < -0.3 is 15.1 Å². The van der Waals surface area contributed by atoms with E-state index in [1.165, 1.54) is 22.5 Å². The summed E-state index contributed by atoms with van der Waals surface area (Å²) in [7, 11) is 0. The zero-order valence-corrected chi connectivity index (χ0v) is 16.1. The van der Waals surface area contributed by atoms with Crippen molar-refractivity contribution in [3.63, 3.8) is 0 Å². The van der Waals surface area contributed by atoms with Gasteiger partial charge in [-0.25, -0.2) is 4.98 Å². The maximum atomic E-state index is 12.3. The molecule has 1 N–H and O–H groups in total. The summed E-state index contributed by atoms with van der Waals surface area (Å²) in [5.74, 6) is 0.0937. The van der Waals surface area contributed by atoms with E-state index in [9.17, 15) is 9.59 Å². The van der Waals surface area contributed by atoms with E-state index in [-0.39, 0.29) is 11.8 Å². The summed E-state index contributed by atoms with van der Waals surface area (Å²) in [5.41, 5.74) is 3.22. The van der Waals surface area contributed by atoms with Gasteiger partial charge in [-0.05, 0) is 30.4 Å². The van der Waals surface area contributed by atoms with E-state index in [1.807, 2.05) is 10.3 Å². The van der Waals surface area contributed by atoms with Crippen molar-refractivity contribution >= 4 is 28.3 Å². The molecule has 4 rings (SSSR count). The molecule has 142 valence electrons. The number of rotatable bonds is 6. The number of amides is 2. The van der Waals surface area contributed by atoms with Gasteiger partial charge in [0.2, 0.25) is 5.91 Å². The van der Waals surface area contributed by atoms with Gasteiger partial charge in [-0.1, -0.05) is 24.3 Å². The second-order valence-corrected chi connectivity index (χ2v) is 7.89. The number of likely N-dealkylation sites (tertiary alicyclic amines) is 1. The first kappa shape index (κ1) is 18.0. The Morgan fingerprint density at radius 2 is 2.04 bits per heavy atom. The molecular formula is C20H24N4O2S. The Morgan fingerprint density at radius 1 is 1.19 bits per heavy atom. The predicted molar refractivity (Wildman–Crippen MR) is 106 cm³/mol. The smallest absolute Gasteiger partial charge is 0.270 e. The first-order valence-electron chi connectivity index (χ1n) is 9.54. The van der Waals surface area contributed by atoms with E-state index in [0.717, 1.165) is 44.0 Å². The van der Waals surface area contributed by atoms with Crippen molar-refractivity contribution in [1.82, 2.24) is 15.2 Å². The summed E-state index contributed by atoms with van der Waals surface area (Å²) in [6.45, 7) is 3.90. The van der Waals surface area contributed by atoms with E-state index in [2.05, 4.69) is 39.5 Å². The Labute approximate surface area is 163 Å². The Hall–Kier alpha value is -2.41.